The van der Waals surface area contributed by atoms with Crippen LogP contribution in [0.15, 0.2) is 71.7 Å². The number of nitrogens with two attached hydrogens (primary N) is 1. The van der Waals surface area contributed by atoms with Crippen LogP contribution in [0.2, 0.25) is 0 Å². The fraction of sp³-hybridized carbons (Fsp3) is 0.513. The van der Waals surface area contributed by atoms with E-state index in [4.69, 9.17) is 5.73 Å². The van der Waals surface area contributed by atoms with Gasteiger partial charge >= 0.3 is 0 Å². The maximum atomic E-state index is 13.8. The van der Waals surface area contributed by atoms with Crippen molar-refractivity contribution < 1.29 is 24.6 Å². The summed E-state index contributed by atoms with van der Waals surface area (Å²) in [7, 11) is 0. The van der Waals surface area contributed by atoms with Gasteiger partial charge in [-0.25, -0.2) is 4.98 Å². The quantitative estimate of drug-likeness (QED) is 0.108. The van der Waals surface area contributed by atoms with Crippen LogP contribution < -0.4 is 21.5 Å². The fourth-order valence-electron chi connectivity index (χ4n) is 7.75. The molecule has 262 valence electrons. The number of aliphatic hydroxyl groups is 1. The number of fused-ring (bicyclic) bond motifs is 2. The summed E-state index contributed by atoms with van der Waals surface area (Å²) in [6.45, 7) is 2.59. The average Bonchev–Trinajstić information content (AvgIpc) is 3.10. The summed E-state index contributed by atoms with van der Waals surface area (Å²) in [6.07, 6.45) is 7.33. The topological polar surface area (TPSA) is 170 Å². The minimum absolute atomic E-state index is 0.0650. The number of benzene rings is 2. The first-order valence-corrected chi connectivity index (χ1v) is 17.9. The molecule has 0 aliphatic heterocycles. The first-order chi connectivity index (χ1) is 23.7. The summed E-state index contributed by atoms with van der Waals surface area (Å²) in [5.74, 6) is -1.37. The number of nitrogens with zero attached hydrogens (tertiary/aromatic N) is 2. The molecule has 10 heteroatoms. The van der Waals surface area contributed by atoms with Crippen LogP contribution >= 0.6 is 0 Å². The number of aliphatic hydroxyl groups excluding tert-OH is 1. The van der Waals surface area contributed by atoms with E-state index in [9.17, 15) is 24.6 Å². The standard InChI is InChI=1S/C39H51N5O5/c1-2-3-19-41-37(47)30-22-28-15-8-7-14-27(28)21-29(30)23-35(45)33(20-25-11-5-4-6-12-25)43-39(49)34(24-36(40)46)44-38(48)32-18-17-26-13-9-10-16-31(26)42-32/h4-6,9-13,16-18,27-30,33-35,45H,2-3,7-8,14-15,19-24H2,1H3,(H2,40,46)(H,41,47)(H,43,49)(H,44,48)/p-1/t27-,28+,29?,30-,33-,34+,35+/m1/s1. The van der Waals surface area contributed by atoms with Crippen LogP contribution in [-0.4, -0.2) is 58.4 Å². The third kappa shape index (κ3) is 9.88. The van der Waals surface area contributed by atoms with Gasteiger partial charge in [-0.15, -0.1) is 0 Å². The Morgan fingerprint density at radius 2 is 1.69 bits per heavy atom. The van der Waals surface area contributed by atoms with E-state index in [0.717, 1.165) is 49.5 Å². The average molecular weight is 669 g/mol. The summed E-state index contributed by atoms with van der Waals surface area (Å²) in [5, 5.41) is 31.8. The molecular formula is C39H50N5O5-. The van der Waals surface area contributed by atoms with E-state index in [1.807, 2.05) is 48.5 Å². The van der Waals surface area contributed by atoms with Crippen molar-refractivity contribution in [3.8, 4) is 0 Å². The van der Waals surface area contributed by atoms with E-state index in [-0.39, 0.29) is 23.4 Å². The third-order valence-electron chi connectivity index (χ3n) is 10.4. The van der Waals surface area contributed by atoms with Crippen LogP contribution in [0.1, 0.15) is 87.2 Å². The molecule has 1 heterocycles. The Balaban J connectivity index is 1.35. The summed E-state index contributed by atoms with van der Waals surface area (Å²) in [5.41, 5.74) is 7.14. The lowest BCUT2D eigenvalue weighted by Gasteiger charge is -2.46. The molecule has 3 aromatic rings. The van der Waals surface area contributed by atoms with Crippen LogP contribution in [0, 0.1) is 23.7 Å². The van der Waals surface area contributed by atoms with E-state index in [1.54, 1.807) is 18.2 Å². The minimum Gasteiger partial charge on any atom is -0.862 e. The van der Waals surface area contributed by atoms with Gasteiger partial charge in [0.15, 0.2) is 0 Å². The minimum atomic E-state index is -1.28. The van der Waals surface area contributed by atoms with Gasteiger partial charge in [-0.1, -0.05) is 93.6 Å². The lowest BCUT2D eigenvalue weighted by atomic mass is 9.62. The number of hydrogen-bond acceptors (Lipinski definition) is 7. The van der Waals surface area contributed by atoms with Crippen molar-refractivity contribution in [2.75, 3.05) is 6.54 Å². The van der Waals surface area contributed by atoms with Crippen molar-refractivity contribution in [2.24, 2.45) is 34.4 Å². The van der Waals surface area contributed by atoms with Crippen molar-refractivity contribution in [1.82, 2.24) is 15.6 Å². The van der Waals surface area contributed by atoms with Gasteiger partial charge in [0.05, 0.1) is 24.1 Å². The number of pyridine rings is 1. The van der Waals surface area contributed by atoms with Crippen molar-refractivity contribution in [3.63, 3.8) is 0 Å². The summed E-state index contributed by atoms with van der Waals surface area (Å²) < 4.78 is 0. The number of aromatic nitrogens is 1. The maximum Gasteiger partial charge on any atom is 0.270 e. The summed E-state index contributed by atoms with van der Waals surface area (Å²) >= 11 is 0. The normalized spacial score (nSPS) is 22.8. The molecule has 1 unspecified atom stereocenters. The van der Waals surface area contributed by atoms with Crippen molar-refractivity contribution >= 4 is 34.5 Å². The van der Waals surface area contributed by atoms with Gasteiger partial charge in [0.2, 0.25) is 11.8 Å². The predicted octanol–water partition coefficient (Wildman–Crippen LogP) is 4.08. The van der Waals surface area contributed by atoms with E-state index in [0.29, 0.717) is 36.7 Å². The fourth-order valence-corrected chi connectivity index (χ4v) is 7.75. The highest BCUT2D eigenvalue weighted by molar-refractivity contribution is 5.99. The van der Waals surface area contributed by atoms with Gasteiger partial charge in [-0.3, -0.25) is 14.4 Å². The number of carbonyl (C=O) groups excluding carboxylic acids is 3. The largest absolute Gasteiger partial charge is 0.862 e. The highest BCUT2D eigenvalue weighted by Crippen LogP contribution is 2.47. The van der Waals surface area contributed by atoms with Gasteiger partial charge in [0.1, 0.15) is 11.7 Å². The molecule has 0 spiro atoms. The number of primary amides is 1. The smallest absolute Gasteiger partial charge is 0.270 e. The van der Waals surface area contributed by atoms with Crippen LogP contribution in [0.25, 0.3) is 10.9 Å². The highest BCUT2D eigenvalue weighted by Gasteiger charge is 2.40. The molecule has 2 aliphatic carbocycles. The molecule has 0 radical (unpaired) electrons. The second-order valence-corrected chi connectivity index (χ2v) is 13.9. The van der Waals surface area contributed by atoms with Gasteiger partial charge in [0.25, 0.3) is 5.91 Å². The molecule has 2 aliphatic rings. The molecule has 7 atom stereocenters. The number of nitrogens with one attached hydrogen (secondary N) is 2. The monoisotopic (exact) mass is 668 g/mol. The first-order valence-electron chi connectivity index (χ1n) is 17.9. The molecule has 2 saturated carbocycles. The second kappa shape index (κ2) is 17.4. The Labute approximate surface area is 289 Å². The number of carbonyl (C=O) groups is 3. The van der Waals surface area contributed by atoms with E-state index in [1.165, 1.54) is 12.8 Å². The number of amides is 3. The molecule has 3 amide bonds. The predicted molar refractivity (Wildman–Crippen MR) is 188 cm³/mol. The van der Waals surface area contributed by atoms with E-state index < -0.39 is 42.3 Å². The first kappa shape index (κ1) is 36.0. The highest BCUT2D eigenvalue weighted by atomic mass is 16.3. The second-order valence-electron chi connectivity index (χ2n) is 13.9. The third-order valence-corrected chi connectivity index (χ3v) is 10.4. The number of unbranched alkanes of at least 4 members (excludes halogenated alkanes) is 1. The zero-order valence-electron chi connectivity index (χ0n) is 28.4. The lowest BCUT2D eigenvalue weighted by Crippen LogP contribution is -2.55. The summed E-state index contributed by atoms with van der Waals surface area (Å²) in [4.78, 5) is 48.0. The van der Waals surface area contributed by atoms with E-state index >= 15 is 0 Å². The number of rotatable bonds is 15. The molecule has 5 N–H and O–H groups in total. The molecule has 5 rings (SSSR count). The SMILES string of the molecule is CCCCN=C([O-])[C@@H]1C[C@@H]2CCCC[C@@H]2CC1C[C@H](O)[C@@H](Cc1ccccc1)NC(=O)[C@H](CC(N)=O)NC(=O)c1ccc2ccccc2n1. The van der Waals surface area contributed by atoms with E-state index in [2.05, 4.69) is 27.5 Å². The van der Waals surface area contributed by atoms with Crippen molar-refractivity contribution in [2.45, 2.75) is 95.7 Å². The Morgan fingerprint density at radius 1 is 0.980 bits per heavy atom. The van der Waals surface area contributed by atoms with Gasteiger partial charge in [-0.2, -0.15) is 0 Å². The van der Waals surface area contributed by atoms with Crippen LogP contribution in [0.5, 0.6) is 0 Å². The van der Waals surface area contributed by atoms with Gasteiger partial charge in [-0.05, 0) is 79.4 Å². The van der Waals surface area contributed by atoms with Crippen LogP contribution in [0.3, 0.4) is 0 Å². The molecule has 1 aromatic heterocycles. The molecule has 10 nitrogen and oxygen atoms in total. The van der Waals surface area contributed by atoms with Crippen molar-refractivity contribution in [1.29, 1.82) is 0 Å². The maximum absolute atomic E-state index is 13.8. The lowest BCUT2D eigenvalue weighted by molar-refractivity contribution is -0.229. The van der Waals surface area contributed by atoms with Crippen molar-refractivity contribution in [3.05, 3.63) is 78.0 Å². The Morgan fingerprint density at radius 3 is 2.43 bits per heavy atom. The van der Waals surface area contributed by atoms with Crippen LogP contribution in [-0.2, 0) is 16.0 Å². The number of aliphatic imine (C=N–C) groups is 1. The molecular weight excluding hydrogens is 618 g/mol. The van der Waals surface area contributed by atoms with Gasteiger partial charge < -0.3 is 31.6 Å². The number of para-hydroxylation sites is 1. The van der Waals surface area contributed by atoms with Crippen LogP contribution in [0.4, 0.5) is 0 Å². The van der Waals surface area contributed by atoms with Gasteiger partial charge in [0, 0.05) is 11.9 Å². The molecule has 0 saturated heterocycles. The number of hydrogen-bond donors (Lipinski definition) is 4. The Hall–Kier alpha value is -4.31. The Bertz CT molecular complexity index is 1600. The molecule has 49 heavy (non-hydrogen) atoms. The molecule has 0 bridgehead atoms. The Kier molecular flexibility index (Phi) is 12.8. The summed E-state index contributed by atoms with van der Waals surface area (Å²) in [6, 6.07) is 18.2. The zero-order valence-corrected chi connectivity index (χ0v) is 28.4. The molecule has 2 aromatic carbocycles. The molecule has 2 fully saturated rings. The zero-order chi connectivity index (χ0) is 34.8.